The van der Waals surface area contributed by atoms with Crippen LogP contribution < -0.4 is 5.73 Å². The summed E-state index contributed by atoms with van der Waals surface area (Å²) in [5.74, 6) is 0.181. The number of benzene rings is 1. The third-order valence-corrected chi connectivity index (χ3v) is 5.12. The summed E-state index contributed by atoms with van der Waals surface area (Å²) < 4.78 is 0. The van der Waals surface area contributed by atoms with E-state index >= 15 is 0 Å². The van der Waals surface area contributed by atoms with Gasteiger partial charge in [-0.05, 0) is 24.5 Å². The molecule has 0 aliphatic carbocycles. The maximum Gasteiger partial charge on any atom is 0.223 e. The summed E-state index contributed by atoms with van der Waals surface area (Å²) >= 11 is 1.42. The summed E-state index contributed by atoms with van der Waals surface area (Å²) in [5.41, 5.74) is 10.2. The van der Waals surface area contributed by atoms with Crippen molar-refractivity contribution in [3.63, 3.8) is 0 Å². The van der Waals surface area contributed by atoms with Gasteiger partial charge in [-0.2, -0.15) is 0 Å². The molecule has 1 amide bonds. The maximum atomic E-state index is 12.5. The minimum absolute atomic E-state index is 0.181. The number of carbonyl (C=O) groups is 1. The minimum Gasteiger partial charge on any atom is -0.375 e. The number of nitrogen functional groups attached to an aromatic ring is 1. The van der Waals surface area contributed by atoms with Gasteiger partial charge in [-0.3, -0.25) is 4.79 Å². The van der Waals surface area contributed by atoms with E-state index in [0.29, 0.717) is 24.5 Å². The molecule has 0 unspecified atom stereocenters. The van der Waals surface area contributed by atoms with Crippen LogP contribution in [-0.2, 0) is 24.2 Å². The molecule has 118 valence electrons. The molecule has 1 aliphatic rings. The smallest absolute Gasteiger partial charge is 0.223 e. The van der Waals surface area contributed by atoms with E-state index in [-0.39, 0.29) is 5.91 Å². The molecule has 0 saturated heterocycles. The fourth-order valence-corrected chi connectivity index (χ4v) is 3.83. The van der Waals surface area contributed by atoms with Crippen molar-refractivity contribution in [2.45, 2.75) is 25.8 Å². The minimum atomic E-state index is 0.181. The Kier molecular flexibility index (Phi) is 3.53. The third kappa shape index (κ3) is 2.70. The molecule has 23 heavy (non-hydrogen) atoms. The quantitative estimate of drug-likeness (QED) is 0.777. The van der Waals surface area contributed by atoms with Crippen molar-refractivity contribution in [2.24, 2.45) is 0 Å². The predicted octanol–water partition coefficient (Wildman–Crippen LogP) is 2.72. The number of thiazole rings is 1. The summed E-state index contributed by atoms with van der Waals surface area (Å²) in [5, 5.41) is 3.77. The van der Waals surface area contributed by atoms with E-state index in [9.17, 15) is 4.79 Å². The van der Waals surface area contributed by atoms with Gasteiger partial charge in [0.25, 0.3) is 0 Å². The fraction of sp³-hybridized carbons (Fsp3) is 0.294. The number of nitrogens with two attached hydrogens (primary N) is 1. The molecule has 0 radical (unpaired) electrons. The molecule has 3 N–H and O–H groups in total. The number of carbonyl (C=O) groups excluding carboxylic acids is 1. The second-order valence-corrected chi connectivity index (χ2v) is 6.76. The van der Waals surface area contributed by atoms with Crippen LogP contribution in [0.3, 0.4) is 0 Å². The molecule has 0 fully saturated rings. The molecule has 1 aromatic carbocycles. The zero-order chi connectivity index (χ0) is 15.8. The Balaban J connectivity index is 1.46. The molecule has 3 aromatic rings. The van der Waals surface area contributed by atoms with E-state index in [1.165, 1.54) is 28.0 Å². The van der Waals surface area contributed by atoms with E-state index in [2.05, 4.69) is 28.2 Å². The Morgan fingerprint density at radius 1 is 1.39 bits per heavy atom. The van der Waals surface area contributed by atoms with Gasteiger partial charge in [0.15, 0.2) is 5.13 Å². The van der Waals surface area contributed by atoms with Crippen molar-refractivity contribution in [2.75, 3.05) is 12.3 Å². The number of anilines is 1. The van der Waals surface area contributed by atoms with Gasteiger partial charge < -0.3 is 15.6 Å². The zero-order valence-electron chi connectivity index (χ0n) is 12.7. The van der Waals surface area contributed by atoms with Gasteiger partial charge >= 0.3 is 0 Å². The molecule has 0 spiro atoms. The predicted molar refractivity (Wildman–Crippen MR) is 92.3 cm³/mol. The summed E-state index contributed by atoms with van der Waals surface area (Å²) in [7, 11) is 0. The number of aromatic nitrogens is 2. The van der Waals surface area contributed by atoms with E-state index in [4.69, 9.17) is 5.73 Å². The van der Waals surface area contributed by atoms with E-state index in [1.807, 2.05) is 16.3 Å². The number of para-hydroxylation sites is 1. The number of nitrogens with one attached hydrogen (secondary N) is 1. The largest absolute Gasteiger partial charge is 0.375 e. The molecule has 4 rings (SSSR count). The van der Waals surface area contributed by atoms with Crippen LogP contribution >= 0.6 is 11.3 Å². The fourth-order valence-electron chi connectivity index (χ4n) is 3.24. The van der Waals surface area contributed by atoms with Crippen LogP contribution in [0, 0.1) is 0 Å². The number of aryl methyl sites for hydroxylation is 1. The average molecular weight is 326 g/mol. The van der Waals surface area contributed by atoms with Gasteiger partial charge in [-0.1, -0.05) is 18.2 Å². The first kappa shape index (κ1) is 14.3. The van der Waals surface area contributed by atoms with Crippen molar-refractivity contribution in [3.05, 3.63) is 46.6 Å². The molecule has 1 aliphatic heterocycles. The Morgan fingerprint density at radius 3 is 3.09 bits per heavy atom. The van der Waals surface area contributed by atoms with Gasteiger partial charge in [0.1, 0.15) is 0 Å². The maximum absolute atomic E-state index is 12.5. The van der Waals surface area contributed by atoms with Crippen LogP contribution in [0.4, 0.5) is 5.13 Å². The summed E-state index contributed by atoms with van der Waals surface area (Å²) in [4.78, 5) is 22.1. The van der Waals surface area contributed by atoms with Crippen molar-refractivity contribution in [1.82, 2.24) is 14.9 Å². The summed E-state index contributed by atoms with van der Waals surface area (Å²) in [6.07, 6.45) is 2.05. The lowest BCUT2D eigenvalue weighted by Crippen LogP contribution is -2.36. The topological polar surface area (TPSA) is 75.0 Å². The SMILES string of the molecule is Nc1nc(CCC(=O)N2CCc3c([nH]c4ccccc34)C2)cs1. The van der Waals surface area contributed by atoms with Crippen LogP contribution in [0.5, 0.6) is 0 Å². The van der Waals surface area contributed by atoms with Crippen molar-refractivity contribution in [3.8, 4) is 0 Å². The first-order valence-electron chi connectivity index (χ1n) is 7.77. The third-order valence-electron chi connectivity index (χ3n) is 4.40. The molecule has 0 bridgehead atoms. The van der Waals surface area contributed by atoms with Crippen molar-refractivity contribution in [1.29, 1.82) is 0 Å². The summed E-state index contributed by atoms with van der Waals surface area (Å²) in [6.45, 7) is 1.45. The standard InChI is InChI=1S/C17H18N4OS/c18-17-19-11(10-23-17)5-6-16(22)21-8-7-13-12-3-1-2-4-14(12)20-15(13)9-21/h1-4,10,20H,5-9H2,(H2,18,19). The number of H-pyrrole nitrogens is 1. The van der Waals surface area contributed by atoms with Crippen LogP contribution in [0.2, 0.25) is 0 Å². The Labute approximate surface area is 138 Å². The Morgan fingerprint density at radius 2 is 2.26 bits per heavy atom. The lowest BCUT2D eigenvalue weighted by atomic mass is 10.0. The van der Waals surface area contributed by atoms with Gasteiger partial charge in [0, 0.05) is 34.9 Å². The van der Waals surface area contributed by atoms with E-state index in [0.717, 1.165) is 24.2 Å². The molecular weight excluding hydrogens is 308 g/mol. The second-order valence-electron chi connectivity index (χ2n) is 5.87. The number of nitrogens with zero attached hydrogens (tertiary/aromatic N) is 2. The second kappa shape index (κ2) is 5.70. The lowest BCUT2D eigenvalue weighted by Gasteiger charge is -2.27. The summed E-state index contributed by atoms with van der Waals surface area (Å²) in [6, 6.07) is 8.33. The molecule has 0 saturated carbocycles. The number of aromatic amines is 1. The average Bonchev–Trinajstić information content (AvgIpc) is 3.15. The highest BCUT2D eigenvalue weighted by atomic mass is 32.1. The van der Waals surface area contributed by atoms with Gasteiger partial charge in [0.2, 0.25) is 5.91 Å². The molecule has 5 nitrogen and oxygen atoms in total. The van der Waals surface area contributed by atoms with Crippen molar-refractivity contribution < 1.29 is 4.79 Å². The Hall–Kier alpha value is -2.34. The number of amides is 1. The van der Waals surface area contributed by atoms with Gasteiger partial charge in [-0.25, -0.2) is 4.98 Å². The zero-order valence-corrected chi connectivity index (χ0v) is 13.5. The van der Waals surface area contributed by atoms with Crippen LogP contribution in [0.1, 0.15) is 23.4 Å². The van der Waals surface area contributed by atoms with Gasteiger partial charge in [-0.15, -0.1) is 11.3 Å². The number of hydrogen-bond donors (Lipinski definition) is 2. The number of fused-ring (bicyclic) bond motifs is 3. The van der Waals surface area contributed by atoms with Gasteiger partial charge in [0.05, 0.1) is 12.2 Å². The highest BCUT2D eigenvalue weighted by Gasteiger charge is 2.23. The first-order chi connectivity index (χ1) is 11.2. The van der Waals surface area contributed by atoms with Crippen molar-refractivity contribution >= 4 is 33.3 Å². The normalized spacial score (nSPS) is 14.2. The van der Waals surface area contributed by atoms with E-state index in [1.54, 1.807) is 0 Å². The van der Waals surface area contributed by atoms with Crippen LogP contribution in [0.15, 0.2) is 29.6 Å². The molecular formula is C17H18N4OS. The monoisotopic (exact) mass is 326 g/mol. The lowest BCUT2D eigenvalue weighted by molar-refractivity contribution is -0.132. The molecule has 6 heteroatoms. The number of hydrogen-bond acceptors (Lipinski definition) is 4. The highest BCUT2D eigenvalue weighted by molar-refractivity contribution is 7.13. The first-order valence-corrected chi connectivity index (χ1v) is 8.65. The van der Waals surface area contributed by atoms with Crippen LogP contribution in [-0.4, -0.2) is 27.3 Å². The Bertz CT molecular complexity index is 866. The molecule has 0 atom stereocenters. The van der Waals surface area contributed by atoms with Crippen LogP contribution in [0.25, 0.3) is 10.9 Å². The molecule has 2 aromatic heterocycles. The molecule has 3 heterocycles. The van der Waals surface area contributed by atoms with E-state index < -0.39 is 0 Å². The number of rotatable bonds is 3. The highest BCUT2D eigenvalue weighted by Crippen LogP contribution is 2.27.